The lowest BCUT2D eigenvalue weighted by Crippen LogP contribution is -2.60. The summed E-state index contributed by atoms with van der Waals surface area (Å²) in [5.74, 6) is -0.429. The van der Waals surface area contributed by atoms with E-state index in [0.29, 0.717) is 18.0 Å². The van der Waals surface area contributed by atoms with Crippen molar-refractivity contribution in [1.82, 2.24) is 19.6 Å². The molecule has 1 radical (unpaired) electrons. The summed E-state index contributed by atoms with van der Waals surface area (Å²) in [7, 11) is -3.87. The number of amides is 2. The predicted molar refractivity (Wildman–Crippen MR) is 132 cm³/mol. The second-order valence-electron chi connectivity index (χ2n) is 9.77. The van der Waals surface area contributed by atoms with Gasteiger partial charge in [0.25, 0.3) is 5.91 Å². The van der Waals surface area contributed by atoms with Crippen LogP contribution in [0.1, 0.15) is 40.0 Å². The maximum absolute atomic E-state index is 13.2. The molecule has 0 N–H and O–H groups in total. The van der Waals surface area contributed by atoms with Crippen molar-refractivity contribution in [2.75, 3.05) is 26.2 Å². The number of fused-ring (bicyclic) bond motifs is 1. The quantitative estimate of drug-likeness (QED) is 0.612. The van der Waals surface area contributed by atoms with Crippen LogP contribution in [-0.2, 0) is 19.6 Å². The minimum absolute atomic E-state index is 0.107. The van der Waals surface area contributed by atoms with Crippen LogP contribution in [0.15, 0.2) is 41.3 Å². The van der Waals surface area contributed by atoms with Crippen LogP contribution in [0.4, 0.5) is 4.79 Å². The number of ether oxygens (including phenoxy) is 1. The van der Waals surface area contributed by atoms with Crippen LogP contribution in [0.5, 0.6) is 0 Å². The number of carbonyl (C=O) groups is 2. The fourth-order valence-corrected chi connectivity index (χ4v) is 5.80. The van der Waals surface area contributed by atoms with Crippen LogP contribution in [0.2, 0.25) is 5.02 Å². The van der Waals surface area contributed by atoms with Crippen molar-refractivity contribution in [3.8, 4) is 0 Å². The molecule has 0 aliphatic carbocycles. The first-order valence-corrected chi connectivity index (χ1v) is 13.5. The molecule has 1 unspecified atom stereocenters. The van der Waals surface area contributed by atoms with Gasteiger partial charge in [-0.25, -0.2) is 13.2 Å². The Morgan fingerprint density at radius 1 is 1.06 bits per heavy atom. The molecular weight excluding hydrogens is 492 g/mol. The number of likely N-dealkylation sites (tertiary alicyclic amines) is 1. The average Bonchev–Trinajstić information content (AvgIpc) is 2.79. The van der Waals surface area contributed by atoms with E-state index in [1.54, 1.807) is 56.0 Å². The molecule has 2 aromatic rings. The summed E-state index contributed by atoms with van der Waals surface area (Å²) >= 11 is 6.02. The monoisotopic (exact) mass is 521 g/mol. The van der Waals surface area contributed by atoms with E-state index in [0.717, 1.165) is 23.6 Å². The first kappa shape index (κ1) is 25.7. The molecule has 0 aromatic heterocycles. The van der Waals surface area contributed by atoms with Gasteiger partial charge in [0.2, 0.25) is 10.0 Å². The number of hydrogen-bond acceptors (Lipinski definition) is 5. The van der Waals surface area contributed by atoms with E-state index < -0.39 is 33.8 Å². The molecule has 11 heteroatoms. The summed E-state index contributed by atoms with van der Waals surface area (Å²) in [5.41, 5.74) is 3.89. The lowest BCUT2D eigenvalue weighted by Gasteiger charge is -2.40. The largest absolute Gasteiger partial charge is 0.444 e. The van der Waals surface area contributed by atoms with Crippen LogP contribution in [0, 0.1) is 0 Å². The maximum Gasteiger partial charge on any atom is 0.411 e. The molecule has 0 spiro atoms. The number of sulfonamides is 1. The lowest BCUT2D eigenvalue weighted by atomic mass is 10.1. The molecule has 4 rings (SSSR count). The number of piperazine rings is 1. The zero-order valence-electron chi connectivity index (χ0n) is 20.1. The van der Waals surface area contributed by atoms with Gasteiger partial charge < -0.3 is 4.74 Å². The van der Waals surface area contributed by atoms with Gasteiger partial charge in [-0.1, -0.05) is 23.7 Å². The Morgan fingerprint density at radius 2 is 1.77 bits per heavy atom. The molecule has 0 bridgehead atoms. The highest BCUT2D eigenvalue weighted by Crippen LogP contribution is 2.26. The van der Waals surface area contributed by atoms with E-state index in [2.05, 4.69) is 5.43 Å². The Hall–Kier alpha value is -2.40. The highest BCUT2D eigenvalue weighted by atomic mass is 35.5. The fraction of sp³-hybridized carbons (Fsp3) is 0.500. The third-order valence-corrected chi connectivity index (χ3v) is 8.02. The summed E-state index contributed by atoms with van der Waals surface area (Å²) < 4.78 is 33.2. The molecule has 0 saturated carbocycles. The van der Waals surface area contributed by atoms with Gasteiger partial charge in [0.05, 0.1) is 18.0 Å². The SMILES string of the molecule is CC(C)(C)OC(=O)N1CCCCC1[N]N1CCN(S(=O)(=O)c2ccc3cc(Cl)ccc3c2)CC1=O. The summed E-state index contributed by atoms with van der Waals surface area (Å²) in [5, 5.41) is 3.44. The van der Waals surface area contributed by atoms with Gasteiger partial charge in [-0.05, 0) is 75.1 Å². The van der Waals surface area contributed by atoms with Crippen molar-refractivity contribution in [1.29, 1.82) is 0 Å². The van der Waals surface area contributed by atoms with Crippen LogP contribution in [-0.4, -0.2) is 72.6 Å². The summed E-state index contributed by atoms with van der Waals surface area (Å²) in [6, 6.07) is 10.0. The number of carbonyl (C=O) groups excluding carboxylic acids is 2. The highest BCUT2D eigenvalue weighted by molar-refractivity contribution is 7.89. The molecular formula is C24H30ClN4O5S. The molecule has 2 saturated heterocycles. The van der Waals surface area contributed by atoms with Gasteiger partial charge in [0.15, 0.2) is 0 Å². The number of halogens is 1. The Balaban J connectivity index is 1.43. The Labute approximate surface area is 211 Å². The fourth-order valence-electron chi connectivity index (χ4n) is 4.20. The number of hydrogen-bond donors (Lipinski definition) is 0. The first-order chi connectivity index (χ1) is 16.4. The van der Waals surface area contributed by atoms with E-state index in [4.69, 9.17) is 16.3 Å². The van der Waals surface area contributed by atoms with E-state index in [1.165, 1.54) is 15.4 Å². The standard InChI is InChI=1S/C24H30ClN4O5S/c1-24(2,3)34-23(31)28-11-5-4-6-21(28)26-29-13-12-27(16-22(29)30)35(32,33)20-10-8-17-14-19(25)9-7-18(17)15-20/h7-10,14-15,21H,4-6,11-13,16H2,1-3H3. The molecule has 35 heavy (non-hydrogen) atoms. The molecule has 189 valence electrons. The summed E-state index contributed by atoms with van der Waals surface area (Å²) in [4.78, 5) is 27.2. The van der Waals surface area contributed by atoms with Crippen molar-refractivity contribution in [2.24, 2.45) is 0 Å². The minimum Gasteiger partial charge on any atom is -0.444 e. The molecule has 1 atom stereocenters. The highest BCUT2D eigenvalue weighted by Gasteiger charge is 2.37. The van der Waals surface area contributed by atoms with Gasteiger partial charge in [0, 0.05) is 18.1 Å². The van der Waals surface area contributed by atoms with E-state index in [1.807, 2.05) is 0 Å². The maximum atomic E-state index is 13.2. The van der Waals surface area contributed by atoms with Crippen LogP contribution >= 0.6 is 11.6 Å². The molecule has 9 nitrogen and oxygen atoms in total. The van der Waals surface area contributed by atoms with Gasteiger partial charge in [-0.15, -0.1) is 5.43 Å². The second kappa shape index (κ2) is 9.93. The Kier molecular flexibility index (Phi) is 7.28. The van der Waals surface area contributed by atoms with Crippen molar-refractivity contribution in [2.45, 2.75) is 56.7 Å². The van der Waals surface area contributed by atoms with Crippen molar-refractivity contribution in [3.63, 3.8) is 0 Å². The molecule has 2 aliphatic heterocycles. The zero-order chi connectivity index (χ0) is 25.4. The molecule has 2 aliphatic rings. The Bertz CT molecular complexity index is 1230. The van der Waals surface area contributed by atoms with Crippen molar-refractivity contribution in [3.05, 3.63) is 41.4 Å². The first-order valence-electron chi connectivity index (χ1n) is 11.6. The normalized spacial score (nSPS) is 20.3. The number of piperidine rings is 1. The van der Waals surface area contributed by atoms with Crippen LogP contribution in [0.25, 0.3) is 10.8 Å². The molecule has 2 heterocycles. The van der Waals surface area contributed by atoms with E-state index >= 15 is 0 Å². The van der Waals surface area contributed by atoms with Gasteiger partial charge in [-0.3, -0.25) is 14.7 Å². The number of nitrogens with zero attached hydrogens (tertiary/aromatic N) is 4. The number of benzene rings is 2. The van der Waals surface area contributed by atoms with E-state index in [9.17, 15) is 18.0 Å². The molecule has 2 aromatic carbocycles. The third kappa shape index (κ3) is 5.88. The molecule has 2 fully saturated rings. The summed E-state index contributed by atoms with van der Waals surface area (Å²) in [6.07, 6.45) is 1.36. The zero-order valence-corrected chi connectivity index (χ0v) is 21.7. The smallest absolute Gasteiger partial charge is 0.411 e. The van der Waals surface area contributed by atoms with Gasteiger partial charge in [0.1, 0.15) is 11.8 Å². The van der Waals surface area contributed by atoms with Gasteiger partial charge in [-0.2, -0.15) is 4.31 Å². The second-order valence-corrected chi connectivity index (χ2v) is 12.1. The van der Waals surface area contributed by atoms with Crippen LogP contribution in [0.3, 0.4) is 0 Å². The van der Waals surface area contributed by atoms with Crippen LogP contribution < -0.4 is 5.43 Å². The van der Waals surface area contributed by atoms with Gasteiger partial charge >= 0.3 is 6.09 Å². The third-order valence-electron chi connectivity index (χ3n) is 5.94. The topological polar surface area (TPSA) is 101 Å². The molecule has 2 amide bonds. The Morgan fingerprint density at radius 3 is 2.49 bits per heavy atom. The number of rotatable bonds is 4. The minimum atomic E-state index is -3.87. The predicted octanol–water partition coefficient (Wildman–Crippen LogP) is 3.59. The lowest BCUT2D eigenvalue weighted by molar-refractivity contribution is -0.141. The van der Waals surface area contributed by atoms with Crippen molar-refractivity contribution < 1.29 is 22.7 Å². The van der Waals surface area contributed by atoms with E-state index in [-0.39, 0.29) is 24.5 Å². The summed E-state index contributed by atoms with van der Waals surface area (Å²) in [6.45, 7) is 5.80. The van der Waals surface area contributed by atoms with Crippen molar-refractivity contribution >= 4 is 44.4 Å². The average molecular weight is 522 g/mol.